The third kappa shape index (κ3) is 2.87. The quantitative estimate of drug-likeness (QED) is 0.855. The molecule has 6 heteroatoms. The molecule has 0 saturated carbocycles. The fraction of sp³-hybridized carbons (Fsp3) is 0.500. The first-order chi connectivity index (χ1) is 8.52. The number of nitrogens with zero attached hydrogens (tertiary/aromatic N) is 1. The van der Waals surface area contributed by atoms with E-state index in [4.69, 9.17) is 0 Å². The van der Waals surface area contributed by atoms with Gasteiger partial charge in [0, 0.05) is 11.0 Å². The van der Waals surface area contributed by atoms with Gasteiger partial charge in [0.2, 0.25) is 10.0 Å². The van der Waals surface area contributed by atoms with E-state index in [0.717, 1.165) is 11.0 Å². The van der Waals surface area contributed by atoms with Crippen LogP contribution >= 0.6 is 15.9 Å². The van der Waals surface area contributed by atoms with E-state index in [1.165, 1.54) is 4.31 Å². The van der Waals surface area contributed by atoms with Crippen molar-refractivity contribution in [3.8, 4) is 0 Å². The van der Waals surface area contributed by atoms with Crippen molar-refractivity contribution in [3.05, 3.63) is 28.7 Å². The standard InChI is InChI=1S/C12H17BrN2O2S/c1-10-9-14-7-4-8-18(16,17)15(10)12-6-3-2-5-11(12)13/h2-3,5-6,10,14H,4,7-9H2,1H3. The summed E-state index contributed by atoms with van der Waals surface area (Å²) < 4.78 is 27.1. The molecule has 100 valence electrons. The molecular weight excluding hydrogens is 316 g/mol. The van der Waals surface area contributed by atoms with Crippen molar-refractivity contribution in [2.45, 2.75) is 19.4 Å². The minimum atomic E-state index is -3.24. The number of halogens is 1. The average Bonchev–Trinajstić information content (AvgIpc) is 2.29. The third-order valence-corrected chi connectivity index (χ3v) is 5.62. The molecule has 18 heavy (non-hydrogen) atoms. The highest BCUT2D eigenvalue weighted by Crippen LogP contribution is 2.30. The summed E-state index contributed by atoms with van der Waals surface area (Å²) in [5.41, 5.74) is 0.716. The van der Waals surface area contributed by atoms with E-state index in [0.29, 0.717) is 18.7 Å². The molecule has 2 rings (SSSR count). The zero-order valence-electron chi connectivity index (χ0n) is 10.3. The normalized spacial score (nSPS) is 24.3. The third-order valence-electron chi connectivity index (χ3n) is 2.99. The van der Waals surface area contributed by atoms with Crippen LogP contribution in [0, 0.1) is 0 Å². The Bertz CT molecular complexity index is 519. The lowest BCUT2D eigenvalue weighted by Gasteiger charge is -2.33. The lowest BCUT2D eigenvalue weighted by molar-refractivity contribution is 0.542. The summed E-state index contributed by atoms with van der Waals surface area (Å²) in [5, 5.41) is 3.27. The molecule has 1 fully saturated rings. The second-order valence-electron chi connectivity index (χ2n) is 4.47. The van der Waals surface area contributed by atoms with Crippen LogP contribution in [0.25, 0.3) is 0 Å². The van der Waals surface area contributed by atoms with Crippen molar-refractivity contribution in [2.24, 2.45) is 0 Å². The van der Waals surface area contributed by atoms with Gasteiger partial charge in [-0.3, -0.25) is 4.31 Å². The summed E-state index contributed by atoms with van der Waals surface area (Å²) >= 11 is 3.43. The molecular formula is C12H17BrN2O2S. The Morgan fingerprint density at radius 2 is 2.11 bits per heavy atom. The number of rotatable bonds is 1. The number of benzene rings is 1. The van der Waals surface area contributed by atoms with E-state index in [-0.39, 0.29) is 11.8 Å². The second-order valence-corrected chi connectivity index (χ2v) is 7.29. The summed E-state index contributed by atoms with van der Waals surface area (Å²) in [5.74, 6) is 0.186. The maximum atomic E-state index is 12.4. The smallest absolute Gasteiger partial charge is 0.235 e. The van der Waals surface area contributed by atoms with Crippen molar-refractivity contribution in [1.82, 2.24) is 5.32 Å². The van der Waals surface area contributed by atoms with E-state index in [2.05, 4.69) is 21.2 Å². The molecule has 0 aromatic heterocycles. The van der Waals surface area contributed by atoms with Crippen LogP contribution in [0.1, 0.15) is 13.3 Å². The van der Waals surface area contributed by atoms with E-state index < -0.39 is 10.0 Å². The van der Waals surface area contributed by atoms with E-state index >= 15 is 0 Å². The Hall–Kier alpha value is -0.590. The van der Waals surface area contributed by atoms with Gasteiger partial charge in [-0.15, -0.1) is 0 Å². The molecule has 1 heterocycles. The van der Waals surface area contributed by atoms with Crippen LogP contribution in [0.5, 0.6) is 0 Å². The Kier molecular flexibility index (Phi) is 4.29. The molecule has 1 aliphatic rings. The largest absolute Gasteiger partial charge is 0.315 e. The SMILES string of the molecule is CC1CNCCCS(=O)(=O)N1c1ccccc1Br. The Labute approximate surface area is 117 Å². The summed E-state index contributed by atoms with van der Waals surface area (Å²) in [6.45, 7) is 3.35. The second kappa shape index (κ2) is 5.59. The zero-order valence-corrected chi connectivity index (χ0v) is 12.7. The van der Waals surface area contributed by atoms with Gasteiger partial charge in [-0.05, 0) is 48.0 Å². The molecule has 1 aliphatic heterocycles. The highest BCUT2D eigenvalue weighted by molar-refractivity contribution is 9.10. The Morgan fingerprint density at radius 1 is 1.39 bits per heavy atom. The van der Waals surface area contributed by atoms with Crippen LogP contribution in [-0.4, -0.2) is 33.3 Å². The number of hydrogen-bond donors (Lipinski definition) is 1. The highest BCUT2D eigenvalue weighted by atomic mass is 79.9. The van der Waals surface area contributed by atoms with Gasteiger partial charge >= 0.3 is 0 Å². The predicted octanol–water partition coefficient (Wildman–Crippen LogP) is 1.97. The van der Waals surface area contributed by atoms with Gasteiger partial charge in [0.05, 0.1) is 17.5 Å². The van der Waals surface area contributed by atoms with Gasteiger partial charge < -0.3 is 5.32 Å². The Morgan fingerprint density at radius 3 is 2.83 bits per heavy atom. The van der Waals surface area contributed by atoms with Gasteiger partial charge in [0.1, 0.15) is 0 Å². The molecule has 4 nitrogen and oxygen atoms in total. The van der Waals surface area contributed by atoms with Gasteiger partial charge in [0.15, 0.2) is 0 Å². The van der Waals surface area contributed by atoms with Crippen molar-refractivity contribution < 1.29 is 8.42 Å². The minimum absolute atomic E-state index is 0.0889. The van der Waals surface area contributed by atoms with E-state index in [1.807, 2.05) is 31.2 Å². The van der Waals surface area contributed by atoms with E-state index in [1.54, 1.807) is 0 Å². The first kappa shape index (κ1) is 13.8. The molecule has 0 amide bonds. The first-order valence-electron chi connectivity index (χ1n) is 6.00. The fourth-order valence-electron chi connectivity index (χ4n) is 2.16. The van der Waals surface area contributed by atoms with Crippen molar-refractivity contribution >= 4 is 31.6 Å². The van der Waals surface area contributed by atoms with Crippen LogP contribution in [-0.2, 0) is 10.0 Å². The molecule has 1 aromatic carbocycles. The van der Waals surface area contributed by atoms with Crippen LogP contribution in [0.4, 0.5) is 5.69 Å². The lowest BCUT2D eigenvalue weighted by Crippen LogP contribution is -2.48. The summed E-state index contributed by atoms with van der Waals surface area (Å²) in [6.07, 6.45) is 0.649. The molecule has 1 N–H and O–H groups in total. The van der Waals surface area contributed by atoms with Crippen molar-refractivity contribution in [3.63, 3.8) is 0 Å². The highest BCUT2D eigenvalue weighted by Gasteiger charge is 2.29. The van der Waals surface area contributed by atoms with Gasteiger partial charge in [-0.1, -0.05) is 12.1 Å². The average molecular weight is 333 g/mol. The van der Waals surface area contributed by atoms with Crippen LogP contribution in [0.2, 0.25) is 0 Å². The minimum Gasteiger partial charge on any atom is -0.315 e. The van der Waals surface area contributed by atoms with Crippen molar-refractivity contribution in [1.29, 1.82) is 0 Å². The summed E-state index contributed by atoms with van der Waals surface area (Å²) in [7, 11) is -3.24. The number of para-hydroxylation sites is 1. The van der Waals surface area contributed by atoms with Crippen LogP contribution < -0.4 is 9.62 Å². The van der Waals surface area contributed by atoms with Gasteiger partial charge in [-0.25, -0.2) is 8.42 Å². The van der Waals surface area contributed by atoms with E-state index in [9.17, 15) is 8.42 Å². The number of sulfonamides is 1. The molecule has 0 aliphatic carbocycles. The molecule has 1 saturated heterocycles. The predicted molar refractivity (Wildman–Crippen MR) is 77.4 cm³/mol. The van der Waals surface area contributed by atoms with Gasteiger partial charge in [0.25, 0.3) is 0 Å². The topological polar surface area (TPSA) is 49.4 Å². The maximum absolute atomic E-state index is 12.4. The summed E-state index contributed by atoms with van der Waals surface area (Å²) in [4.78, 5) is 0. The van der Waals surface area contributed by atoms with Crippen LogP contribution in [0.3, 0.4) is 0 Å². The molecule has 1 aromatic rings. The fourth-order valence-corrected chi connectivity index (χ4v) is 4.54. The molecule has 1 unspecified atom stereocenters. The monoisotopic (exact) mass is 332 g/mol. The zero-order chi connectivity index (χ0) is 13.2. The molecule has 1 atom stereocenters. The van der Waals surface area contributed by atoms with Crippen LogP contribution in [0.15, 0.2) is 28.7 Å². The molecule has 0 spiro atoms. The lowest BCUT2D eigenvalue weighted by atomic mass is 10.2. The number of anilines is 1. The number of nitrogens with one attached hydrogen (secondary N) is 1. The first-order valence-corrected chi connectivity index (χ1v) is 8.40. The molecule has 0 radical (unpaired) electrons. The van der Waals surface area contributed by atoms with Gasteiger partial charge in [-0.2, -0.15) is 0 Å². The summed E-state index contributed by atoms with van der Waals surface area (Å²) in [6, 6.07) is 7.35. The maximum Gasteiger partial charge on any atom is 0.235 e. The van der Waals surface area contributed by atoms with Crippen molar-refractivity contribution in [2.75, 3.05) is 23.1 Å². The number of hydrogen-bond acceptors (Lipinski definition) is 3. The molecule has 0 bridgehead atoms. The Balaban J connectivity index is 2.45.